The van der Waals surface area contributed by atoms with Gasteiger partial charge in [0.1, 0.15) is 11.4 Å². The monoisotopic (exact) mass is 324 g/mol. The summed E-state index contributed by atoms with van der Waals surface area (Å²) in [4.78, 5) is 24.3. The molecular formula is C19H20N2O3. The molecule has 0 saturated carbocycles. The second kappa shape index (κ2) is 6.35. The van der Waals surface area contributed by atoms with Gasteiger partial charge in [0.2, 0.25) is 5.91 Å². The van der Waals surface area contributed by atoms with Gasteiger partial charge in [-0.15, -0.1) is 0 Å². The minimum absolute atomic E-state index is 0.105. The van der Waals surface area contributed by atoms with Gasteiger partial charge in [-0.25, -0.2) is 0 Å². The Morgan fingerprint density at radius 1 is 1.12 bits per heavy atom. The summed E-state index contributed by atoms with van der Waals surface area (Å²) in [6.07, 6.45) is 1.03. The number of aryl methyl sites for hydroxylation is 1. The lowest BCUT2D eigenvalue weighted by Crippen LogP contribution is -2.45. The lowest BCUT2D eigenvalue weighted by atomic mass is 10.1. The highest BCUT2D eigenvalue weighted by atomic mass is 16.5. The third kappa shape index (κ3) is 3.40. The van der Waals surface area contributed by atoms with Gasteiger partial charge < -0.3 is 15.4 Å². The van der Waals surface area contributed by atoms with Crippen LogP contribution in [0.25, 0.3) is 0 Å². The van der Waals surface area contributed by atoms with Gasteiger partial charge in [-0.2, -0.15) is 0 Å². The average Bonchev–Trinajstić information content (AvgIpc) is 2.55. The summed E-state index contributed by atoms with van der Waals surface area (Å²) in [7, 11) is 0. The number of rotatable bonds is 4. The maximum Gasteiger partial charge on any atom is 0.268 e. The predicted octanol–water partition coefficient (Wildman–Crippen LogP) is 3.37. The fraction of sp³-hybridized carbons (Fsp3) is 0.263. The number of hydrogen-bond donors (Lipinski definition) is 2. The zero-order chi connectivity index (χ0) is 17.2. The van der Waals surface area contributed by atoms with Gasteiger partial charge in [0.15, 0.2) is 5.60 Å². The van der Waals surface area contributed by atoms with Gasteiger partial charge in [-0.1, -0.05) is 36.4 Å². The third-order valence-corrected chi connectivity index (χ3v) is 3.93. The smallest absolute Gasteiger partial charge is 0.268 e. The van der Waals surface area contributed by atoms with E-state index in [1.807, 2.05) is 30.3 Å². The summed E-state index contributed by atoms with van der Waals surface area (Å²) in [6.45, 7) is 3.41. The van der Waals surface area contributed by atoms with Crippen molar-refractivity contribution < 1.29 is 14.3 Å². The molecule has 2 aromatic carbocycles. The summed E-state index contributed by atoms with van der Waals surface area (Å²) < 4.78 is 5.72. The zero-order valence-corrected chi connectivity index (χ0v) is 13.8. The van der Waals surface area contributed by atoms with E-state index in [4.69, 9.17) is 4.74 Å². The van der Waals surface area contributed by atoms with E-state index in [1.165, 1.54) is 0 Å². The van der Waals surface area contributed by atoms with E-state index in [9.17, 15) is 9.59 Å². The van der Waals surface area contributed by atoms with Gasteiger partial charge in [-0.3, -0.25) is 9.59 Å². The van der Waals surface area contributed by atoms with Crippen molar-refractivity contribution in [3.8, 4) is 5.75 Å². The van der Waals surface area contributed by atoms with E-state index in [0.717, 1.165) is 5.56 Å². The number of anilines is 2. The maximum absolute atomic E-state index is 12.2. The topological polar surface area (TPSA) is 67.4 Å². The minimum Gasteiger partial charge on any atom is -0.476 e. The lowest BCUT2D eigenvalue weighted by Gasteiger charge is -2.32. The molecule has 2 aromatic rings. The molecule has 5 nitrogen and oxygen atoms in total. The Labute approximate surface area is 141 Å². The Balaban J connectivity index is 1.70. The van der Waals surface area contributed by atoms with E-state index in [0.29, 0.717) is 30.0 Å². The van der Waals surface area contributed by atoms with Crippen LogP contribution in [0.2, 0.25) is 0 Å². The quantitative estimate of drug-likeness (QED) is 0.906. The Morgan fingerprint density at radius 2 is 1.88 bits per heavy atom. The third-order valence-electron chi connectivity index (χ3n) is 3.93. The number of amides is 2. The van der Waals surface area contributed by atoms with Crippen LogP contribution in [0.5, 0.6) is 5.75 Å². The zero-order valence-electron chi connectivity index (χ0n) is 13.8. The molecule has 24 heavy (non-hydrogen) atoms. The molecule has 124 valence electrons. The summed E-state index contributed by atoms with van der Waals surface area (Å²) in [5, 5.41) is 5.67. The largest absolute Gasteiger partial charge is 0.476 e. The number of ether oxygens (including phenoxy) is 1. The first-order valence-corrected chi connectivity index (χ1v) is 7.93. The number of para-hydroxylation sites is 1. The second-order valence-electron chi connectivity index (χ2n) is 6.28. The number of benzene rings is 2. The van der Waals surface area contributed by atoms with Crippen LogP contribution in [-0.4, -0.2) is 17.4 Å². The first-order valence-electron chi connectivity index (χ1n) is 7.93. The van der Waals surface area contributed by atoms with Crippen molar-refractivity contribution in [1.29, 1.82) is 0 Å². The highest BCUT2D eigenvalue weighted by molar-refractivity contribution is 6.05. The number of carbonyl (C=O) groups is 2. The molecule has 2 amide bonds. The molecule has 0 fully saturated rings. The normalized spacial score (nSPS) is 15.0. The number of fused-ring (bicyclic) bond motifs is 1. The average molecular weight is 324 g/mol. The first-order chi connectivity index (χ1) is 11.5. The molecule has 0 aliphatic carbocycles. The second-order valence-corrected chi connectivity index (χ2v) is 6.28. The van der Waals surface area contributed by atoms with Crippen molar-refractivity contribution in [2.75, 3.05) is 10.6 Å². The van der Waals surface area contributed by atoms with E-state index in [-0.39, 0.29) is 11.8 Å². The Hall–Kier alpha value is -2.82. The Kier molecular flexibility index (Phi) is 4.25. The molecule has 1 aliphatic rings. The molecule has 0 unspecified atom stereocenters. The fourth-order valence-corrected chi connectivity index (χ4v) is 2.55. The summed E-state index contributed by atoms with van der Waals surface area (Å²) in [6, 6.07) is 15.2. The SMILES string of the molecule is CC1(C)Oc2cccc(NC(=O)CCc3ccccc3)c2NC1=O. The summed E-state index contributed by atoms with van der Waals surface area (Å²) >= 11 is 0. The molecule has 1 heterocycles. The van der Waals surface area contributed by atoms with Crippen molar-refractivity contribution in [3.63, 3.8) is 0 Å². The first kappa shape index (κ1) is 16.1. The van der Waals surface area contributed by atoms with E-state index >= 15 is 0 Å². The minimum atomic E-state index is -0.928. The maximum atomic E-state index is 12.2. The van der Waals surface area contributed by atoms with Crippen LogP contribution in [0.15, 0.2) is 48.5 Å². The van der Waals surface area contributed by atoms with Crippen LogP contribution in [0.1, 0.15) is 25.8 Å². The highest BCUT2D eigenvalue weighted by Gasteiger charge is 2.36. The molecular weight excluding hydrogens is 304 g/mol. The van der Waals surface area contributed by atoms with E-state index in [1.54, 1.807) is 32.0 Å². The standard InChI is InChI=1S/C19H20N2O3/c1-19(2)18(23)21-17-14(9-6-10-15(17)24-19)20-16(22)12-11-13-7-4-3-5-8-13/h3-10H,11-12H2,1-2H3,(H,20,22)(H,21,23). The molecule has 0 spiro atoms. The van der Waals surface area contributed by atoms with Crippen LogP contribution < -0.4 is 15.4 Å². The number of carbonyl (C=O) groups excluding carboxylic acids is 2. The molecule has 3 rings (SSSR count). The molecule has 5 heteroatoms. The van der Waals surface area contributed by atoms with E-state index < -0.39 is 5.60 Å². The van der Waals surface area contributed by atoms with Crippen LogP contribution in [0.4, 0.5) is 11.4 Å². The summed E-state index contributed by atoms with van der Waals surface area (Å²) in [5.74, 6) is 0.216. The van der Waals surface area contributed by atoms with Gasteiger partial charge >= 0.3 is 0 Å². The molecule has 1 aliphatic heterocycles. The van der Waals surface area contributed by atoms with Gasteiger partial charge in [-0.05, 0) is 38.0 Å². The van der Waals surface area contributed by atoms with Gasteiger partial charge in [0.05, 0.1) is 5.69 Å². The predicted molar refractivity (Wildman–Crippen MR) is 93.2 cm³/mol. The number of hydrogen-bond acceptors (Lipinski definition) is 3. The van der Waals surface area contributed by atoms with Crippen molar-refractivity contribution in [2.45, 2.75) is 32.3 Å². The molecule has 0 radical (unpaired) electrons. The van der Waals surface area contributed by atoms with Crippen LogP contribution in [0, 0.1) is 0 Å². The van der Waals surface area contributed by atoms with Crippen LogP contribution in [-0.2, 0) is 16.0 Å². The highest BCUT2D eigenvalue weighted by Crippen LogP contribution is 2.38. The molecule has 0 aromatic heterocycles. The summed E-state index contributed by atoms with van der Waals surface area (Å²) in [5.41, 5.74) is 1.24. The van der Waals surface area contributed by atoms with Crippen LogP contribution >= 0.6 is 0 Å². The van der Waals surface area contributed by atoms with Crippen molar-refractivity contribution in [3.05, 3.63) is 54.1 Å². The lowest BCUT2D eigenvalue weighted by molar-refractivity contribution is -0.129. The van der Waals surface area contributed by atoms with Crippen molar-refractivity contribution in [1.82, 2.24) is 0 Å². The number of nitrogens with one attached hydrogen (secondary N) is 2. The molecule has 2 N–H and O–H groups in total. The molecule has 0 bridgehead atoms. The Morgan fingerprint density at radius 3 is 2.62 bits per heavy atom. The Bertz CT molecular complexity index is 769. The molecule has 0 atom stereocenters. The van der Waals surface area contributed by atoms with Gasteiger partial charge in [0.25, 0.3) is 5.91 Å². The van der Waals surface area contributed by atoms with Crippen molar-refractivity contribution in [2.24, 2.45) is 0 Å². The van der Waals surface area contributed by atoms with Crippen molar-refractivity contribution >= 4 is 23.2 Å². The van der Waals surface area contributed by atoms with E-state index in [2.05, 4.69) is 10.6 Å². The van der Waals surface area contributed by atoms with Gasteiger partial charge in [0, 0.05) is 6.42 Å². The van der Waals surface area contributed by atoms with Crippen LogP contribution in [0.3, 0.4) is 0 Å². The fourth-order valence-electron chi connectivity index (χ4n) is 2.55. The molecule has 0 saturated heterocycles.